The number of nitrogens with one attached hydrogen (secondary N) is 2. The summed E-state index contributed by atoms with van der Waals surface area (Å²) < 4.78 is 5.10. The fraction of sp³-hybridized carbons (Fsp3) is 0.533. The Morgan fingerprint density at radius 1 is 1.41 bits per heavy atom. The Bertz CT molecular complexity index is 527. The Kier molecular flexibility index (Phi) is 5.71. The molecule has 1 aliphatic heterocycles. The number of aromatic nitrogens is 1. The first-order chi connectivity index (χ1) is 10.6. The number of methoxy groups -OCH3 is 1. The van der Waals surface area contributed by atoms with Gasteiger partial charge in [-0.25, -0.2) is 4.98 Å². The SMILES string of the molecule is CNC(=O)CN1CCC(NC(=O)c2cccnc2OC)CC1. The summed E-state index contributed by atoms with van der Waals surface area (Å²) in [6.45, 7) is 2.00. The highest BCUT2D eigenvalue weighted by Crippen LogP contribution is 2.15. The molecule has 1 aliphatic rings. The molecule has 22 heavy (non-hydrogen) atoms. The molecule has 7 nitrogen and oxygen atoms in total. The molecule has 1 saturated heterocycles. The molecule has 7 heteroatoms. The topological polar surface area (TPSA) is 83.6 Å². The molecular weight excluding hydrogens is 284 g/mol. The predicted molar refractivity (Wildman–Crippen MR) is 81.8 cm³/mol. The standard InChI is InChI=1S/C15H22N4O3/c1-16-13(20)10-19-8-5-11(6-9-19)18-14(21)12-4-3-7-17-15(12)22-2/h3-4,7,11H,5-6,8-10H2,1-2H3,(H,16,20)(H,18,21). The van der Waals surface area contributed by atoms with Gasteiger partial charge in [0.05, 0.1) is 13.7 Å². The highest BCUT2D eigenvalue weighted by molar-refractivity contribution is 5.96. The molecule has 0 unspecified atom stereocenters. The van der Waals surface area contributed by atoms with E-state index in [1.807, 2.05) is 0 Å². The normalized spacial score (nSPS) is 16.1. The van der Waals surface area contributed by atoms with Crippen molar-refractivity contribution in [2.45, 2.75) is 18.9 Å². The van der Waals surface area contributed by atoms with Crippen molar-refractivity contribution in [3.8, 4) is 5.88 Å². The van der Waals surface area contributed by atoms with Gasteiger partial charge in [-0.2, -0.15) is 0 Å². The third-order valence-electron chi connectivity index (χ3n) is 3.78. The van der Waals surface area contributed by atoms with E-state index in [4.69, 9.17) is 4.74 Å². The van der Waals surface area contributed by atoms with E-state index < -0.39 is 0 Å². The van der Waals surface area contributed by atoms with Crippen LogP contribution in [0.5, 0.6) is 5.88 Å². The zero-order chi connectivity index (χ0) is 15.9. The maximum atomic E-state index is 12.3. The molecule has 2 rings (SSSR count). The van der Waals surface area contributed by atoms with E-state index in [2.05, 4.69) is 20.5 Å². The van der Waals surface area contributed by atoms with Crippen LogP contribution < -0.4 is 15.4 Å². The molecule has 1 aromatic rings. The van der Waals surface area contributed by atoms with E-state index in [9.17, 15) is 9.59 Å². The lowest BCUT2D eigenvalue weighted by Crippen LogP contribution is -2.47. The largest absolute Gasteiger partial charge is 0.480 e. The maximum absolute atomic E-state index is 12.3. The molecule has 0 saturated carbocycles. The van der Waals surface area contributed by atoms with Crippen molar-refractivity contribution >= 4 is 11.8 Å². The first-order valence-corrected chi connectivity index (χ1v) is 7.37. The highest BCUT2D eigenvalue weighted by Gasteiger charge is 2.23. The van der Waals surface area contributed by atoms with Crippen molar-refractivity contribution in [2.24, 2.45) is 0 Å². The van der Waals surface area contributed by atoms with Crippen molar-refractivity contribution in [3.05, 3.63) is 23.9 Å². The van der Waals surface area contributed by atoms with Crippen molar-refractivity contribution in [1.82, 2.24) is 20.5 Å². The minimum atomic E-state index is -0.172. The lowest BCUT2D eigenvalue weighted by atomic mass is 10.0. The van der Waals surface area contributed by atoms with E-state index in [0.717, 1.165) is 25.9 Å². The number of likely N-dealkylation sites (N-methyl/N-ethyl adjacent to an activating group) is 1. The Morgan fingerprint density at radius 3 is 2.77 bits per heavy atom. The number of likely N-dealkylation sites (tertiary alicyclic amines) is 1. The summed E-state index contributed by atoms with van der Waals surface area (Å²) in [5.74, 6) is 0.175. The van der Waals surface area contributed by atoms with E-state index in [-0.39, 0.29) is 17.9 Å². The average Bonchev–Trinajstić information content (AvgIpc) is 2.56. The molecule has 2 amide bonds. The summed E-state index contributed by atoms with van der Waals surface area (Å²) >= 11 is 0. The number of rotatable bonds is 5. The monoisotopic (exact) mass is 306 g/mol. The van der Waals surface area contributed by atoms with Gasteiger partial charge in [0.15, 0.2) is 0 Å². The molecule has 0 aliphatic carbocycles. The summed E-state index contributed by atoms with van der Waals surface area (Å²) in [6.07, 6.45) is 3.24. The number of nitrogens with zero attached hydrogens (tertiary/aromatic N) is 2. The van der Waals surface area contributed by atoms with Gasteiger partial charge in [0.1, 0.15) is 5.56 Å². The fourth-order valence-corrected chi connectivity index (χ4v) is 2.51. The van der Waals surface area contributed by atoms with Gasteiger partial charge >= 0.3 is 0 Å². The van der Waals surface area contributed by atoms with Gasteiger partial charge in [-0.1, -0.05) is 0 Å². The highest BCUT2D eigenvalue weighted by atomic mass is 16.5. The van der Waals surface area contributed by atoms with E-state index in [1.165, 1.54) is 7.11 Å². The van der Waals surface area contributed by atoms with Crippen molar-refractivity contribution < 1.29 is 14.3 Å². The van der Waals surface area contributed by atoms with E-state index in [1.54, 1.807) is 25.4 Å². The van der Waals surface area contributed by atoms with Gasteiger partial charge in [0.25, 0.3) is 5.91 Å². The van der Waals surface area contributed by atoms with Crippen LogP contribution in [0.1, 0.15) is 23.2 Å². The molecule has 0 bridgehead atoms. The number of carbonyl (C=O) groups is 2. The van der Waals surface area contributed by atoms with Gasteiger partial charge in [-0.15, -0.1) is 0 Å². The molecule has 2 heterocycles. The number of hydrogen-bond donors (Lipinski definition) is 2. The summed E-state index contributed by atoms with van der Waals surface area (Å²) in [4.78, 5) is 29.8. The number of amides is 2. The van der Waals surface area contributed by atoms with Crippen LogP contribution in [0.15, 0.2) is 18.3 Å². The lowest BCUT2D eigenvalue weighted by molar-refractivity contribution is -0.122. The second-order valence-electron chi connectivity index (χ2n) is 5.26. The average molecular weight is 306 g/mol. The smallest absolute Gasteiger partial charge is 0.256 e. The lowest BCUT2D eigenvalue weighted by Gasteiger charge is -2.31. The number of piperidine rings is 1. The van der Waals surface area contributed by atoms with Crippen LogP contribution in [0, 0.1) is 0 Å². The van der Waals surface area contributed by atoms with E-state index >= 15 is 0 Å². The predicted octanol–water partition coefficient (Wildman–Crippen LogP) is 0.0304. The third kappa shape index (κ3) is 4.17. The molecule has 0 aromatic carbocycles. The molecule has 0 atom stereocenters. The number of pyridine rings is 1. The molecular formula is C15H22N4O3. The summed E-state index contributed by atoms with van der Waals surface area (Å²) in [5.41, 5.74) is 0.442. The molecule has 0 radical (unpaired) electrons. The molecule has 1 aromatic heterocycles. The Hall–Kier alpha value is -2.15. The minimum absolute atomic E-state index is 0.0163. The van der Waals surface area contributed by atoms with E-state index in [0.29, 0.717) is 18.0 Å². The van der Waals surface area contributed by atoms with Gasteiger partial charge in [-0.05, 0) is 25.0 Å². The number of hydrogen-bond acceptors (Lipinski definition) is 5. The van der Waals surface area contributed by atoms with Crippen LogP contribution in [0.4, 0.5) is 0 Å². The summed E-state index contributed by atoms with van der Waals surface area (Å²) in [5, 5.41) is 5.63. The Balaban J connectivity index is 1.85. The zero-order valence-corrected chi connectivity index (χ0v) is 13.0. The molecule has 2 N–H and O–H groups in total. The van der Waals surface area contributed by atoms with Gasteiger partial charge in [0, 0.05) is 32.4 Å². The second-order valence-corrected chi connectivity index (χ2v) is 5.26. The number of carbonyl (C=O) groups excluding carboxylic acids is 2. The maximum Gasteiger partial charge on any atom is 0.256 e. The summed E-state index contributed by atoms with van der Waals surface area (Å²) in [7, 11) is 3.13. The minimum Gasteiger partial charge on any atom is -0.480 e. The van der Waals surface area contributed by atoms with Crippen LogP contribution >= 0.6 is 0 Å². The van der Waals surface area contributed by atoms with Crippen LogP contribution in [-0.2, 0) is 4.79 Å². The quantitative estimate of drug-likeness (QED) is 0.802. The second kappa shape index (κ2) is 7.74. The molecule has 0 spiro atoms. The van der Waals surface area contributed by atoms with Crippen molar-refractivity contribution in [1.29, 1.82) is 0 Å². The Labute approximate surface area is 130 Å². The zero-order valence-electron chi connectivity index (χ0n) is 13.0. The van der Waals surface area contributed by atoms with Crippen LogP contribution in [-0.4, -0.2) is 61.5 Å². The van der Waals surface area contributed by atoms with Gasteiger partial charge < -0.3 is 15.4 Å². The van der Waals surface area contributed by atoms with Crippen molar-refractivity contribution in [2.75, 3.05) is 33.8 Å². The first-order valence-electron chi connectivity index (χ1n) is 7.37. The van der Waals surface area contributed by atoms with Gasteiger partial charge in [0.2, 0.25) is 11.8 Å². The fourth-order valence-electron chi connectivity index (χ4n) is 2.51. The molecule has 120 valence electrons. The Morgan fingerprint density at radius 2 is 2.14 bits per heavy atom. The van der Waals surface area contributed by atoms with Crippen molar-refractivity contribution in [3.63, 3.8) is 0 Å². The number of ether oxygens (including phenoxy) is 1. The molecule has 1 fully saturated rings. The summed E-state index contributed by atoms with van der Waals surface area (Å²) in [6, 6.07) is 3.52. The van der Waals surface area contributed by atoms with Crippen LogP contribution in [0.2, 0.25) is 0 Å². The van der Waals surface area contributed by atoms with Gasteiger partial charge in [-0.3, -0.25) is 14.5 Å². The van der Waals surface area contributed by atoms with Crippen LogP contribution in [0.25, 0.3) is 0 Å². The van der Waals surface area contributed by atoms with Crippen LogP contribution in [0.3, 0.4) is 0 Å². The first kappa shape index (κ1) is 16.2. The third-order valence-corrected chi connectivity index (χ3v) is 3.78.